The summed E-state index contributed by atoms with van der Waals surface area (Å²) in [5.74, 6) is 0.253. The molecular formula is C15H19ClN2O3. The van der Waals surface area contributed by atoms with E-state index in [1.54, 1.807) is 24.1 Å². The Hall–Kier alpha value is -1.75. The molecule has 1 fully saturated rings. The Bertz CT molecular complexity index is 540. The molecule has 1 saturated heterocycles. The quantitative estimate of drug-likeness (QED) is 0.918. The Balaban J connectivity index is 1.93. The van der Waals surface area contributed by atoms with Gasteiger partial charge in [-0.05, 0) is 30.5 Å². The van der Waals surface area contributed by atoms with Gasteiger partial charge in [-0.15, -0.1) is 0 Å². The van der Waals surface area contributed by atoms with Crippen LogP contribution < -0.4 is 10.5 Å². The largest absolute Gasteiger partial charge is 0.495 e. The predicted octanol–water partition coefficient (Wildman–Crippen LogP) is 1.61. The number of halogens is 1. The Morgan fingerprint density at radius 2 is 2.05 bits per heavy atom. The second kappa shape index (κ2) is 6.80. The number of benzene rings is 1. The number of nitrogens with two attached hydrogens (primary N) is 1. The van der Waals surface area contributed by atoms with Crippen molar-refractivity contribution in [2.24, 2.45) is 11.7 Å². The van der Waals surface area contributed by atoms with Crippen LogP contribution >= 0.6 is 11.6 Å². The van der Waals surface area contributed by atoms with Crippen LogP contribution in [-0.2, 0) is 16.0 Å². The van der Waals surface area contributed by atoms with Crippen LogP contribution in [0.25, 0.3) is 0 Å². The van der Waals surface area contributed by atoms with Crippen molar-refractivity contribution < 1.29 is 14.3 Å². The lowest BCUT2D eigenvalue weighted by atomic mass is 9.96. The van der Waals surface area contributed by atoms with Crippen LogP contribution in [-0.4, -0.2) is 36.9 Å². The lowest BCUT2D eigenvalue weighted by Crippen LogP contribution is -2.42. The molecule has 0 unspecified atom stereocenters. The third kappa shape index (κ3) is 3.88. The minimum absolute atomic E-state index is 0.0409. The summed E-state index contributed by atoms with van der Waals surface area (Å²) in [6.45, 7) is 1.16. The van der Waals surface area contributed by atoms with Gasteiger partial charge in [0.1, 0.15) is 5.75 Å². The molecule has 1 aromatic carbocycles. The zero-order chi connectivity index (χ0) is 15.4. The van der Waals surface area contributed by atoms with E-state index in [2.05, 4.69) is 0 Å². The molecule has 2 rings (SSSR count). The lowest BCUT2D eigenvalue weighted by Gasteiger charge is -2.30. The van der Waals surface area contributed by atoms with Gasteiger partial charge in [-0.25, -0.2) is 0 Å². The van der Waals surface area contributed by atoms with Crippen LogP contribution in [0.4, 0.5) is 0 Å². The van der Waals surface area contributed by atoms with Crippen LogP contribution in [0, 0.1) is 5.92 Å². The van der Waals surface area contributed by atoms with E-state index in [1.807, 2.05) is 6.07 Å². The van der Waals surface area contributed by atoms with Crippen LogP contribution in [0.1, 0.15) is 18.4 Å². The second-order valence-electron chi connectivity index (χ2n) is 5.20. The fourth-order valence-corrected chi connectivity index (χ4v) is 2.80. The van der Waals surface area contributed by atoms with E-state index in [-0.39, 0.29) is 17.7 Å². The molecule has 21 heavy (non-hydrogen) atoms. The zero-order valence-electron chi connectivity index (χ0n) is 12.0. The van der Waals surface area contributed by atoms with Crippen LogP contribution in [0.15, 0.2) is 18.2 Å². The van der Waals surface area contributed by atoms with Crippen molar-refractivity contribution >= 4 is 23.4 Å². The molecule has 0 saturated carbocycles. The number of piperidine rings is 1. The predicted molar refractivity (Wildman–Crippen MR) is 80.2 cm³/mol. The number of hydrogen-bond acceptors (Lipinski definition) is 3. The first kappa shape index (κ1) is 15.6. The van der Waals surface area contributed by atoms with Crippen LogP contribution in [0.5, 0.6) is 5.75 Å². The SMILES string of the molecule is COc1ccc(CC(=O)N2CCC(C(N)=O)CC2)cc1Cl. The van der Waals surface area contributed by atoms with Gasteiger partial charge in [0.05, 0.1) is 18.6 Å². The third-order valence-electron chi connectivity index (χ3n) is 3.82. The summed E-state index contributed by atoms with van der Waals surface area (Å²) in [6.07, 6.45) is 1.58. The molecule has 2 N–H and O–H groups in total. The van der Waals surface area contributed by atoms with Crippen molar-refractivity contribution in [1.29, 1.82) is 0 Å². The van der Waals surface area contributed by atoms with Gasteiger partial charge in [0, 0.05) is 19.0 Å². The van der Waals surface area contributed by atoms with Crippen molar-refractivity contribution in [1.82, 2.24) is 4.90 Å². The van der Waals surface area contributed by atoms with Crippen molar-refractivity contribution in [2.45, 2.75) is 19.3 Å². The summed E-state index contributed by atoms with van der Waals surface area (Å²) in [4.78, 5) is 25.1. The topological polar surface area (TPSA) is 72.6 Å². The molecular weight excluding hydrogens is 292 g/mol. The van der Waals surface area contributed by atoms with E-state index < -0.39 is 0 Å². The first-order valence-corrected chi connectivity index (χ1v) is 7.28. The Morgan fingerprint density at radius 1 is 1.38 bits per heavy atom. The molecule has 1 aromatic rings. The second-order valence-corrected chi connectivity index (χ2v) is 5.61. The third-order valence-corrected chi connectivity index (χ3v) is 4.12. The number of hydrogen-bond donors (Lipinski definition) is 1. The van der Waals surface area contributed by atoms with Crippen molar-refractivity contribution in [3.63, 3.8) is 0 Å². The summed E-state index contributed by atoms with van der Waals surface area (Å²) < 4.78 is 5.08. The minimum atomic E-state index is -0.274. The molecule has 1 aliphatic heterocycles. The Morgan fingerprint density at radius 3 is 2.57 bits per heavy atom. The van der Waals surface area contributed by atoms with Gasteiger partial charge in [-0.3, -0.25) is 9.59 Å². The highest BCUT2D eigenvalue weighted by molar-refractivity contribution is 6.32. The maximum absolute atomic E-state index is 12.2. The number of carbonyl (C=O) groups is 2. The zero-order valence-corrected chi connectivity index (χ0v) is 12.7. The van der Waals surface area contributed by atoms with E-state index in [0.717, 1.165) is 5.56 Å². The summed E-state index contributed by atoms with van der Waals surface area (Å²) >= 11 is 6.05. The van der Waals surface area contributed by atoms with Gasteiger partial charge < -0.3 is 15.4 Å². The van der Waals surface area contributed by atoms with Gasteiger partial charge in [-0.2, -0.15) is 0 Å². The van der Waals surface area contributed by atoms with Crippen LogP contribution in [0.2, 0.25) is 5.02 Å². The van der Waals surface area contributed by atoms with Gasteiger partial charge in [0.25, 0.3) is 0 Å². The summed E-state index contributed by atoms with van der Waals surface area (Å²) in [7, 11) is 1.55. The van der Waals surface area contributed by atoms with Crippen LogP contribution in [0.3, 0.4) is 0 Å². The smallest absolute Gasteiger partial charge is 0.226 e. The number of likely N-dealkylation sites (tertiary alicyclic amines) is 1. The molecule has 2 amide bonds. The molecule has 5 nitrogen and oxygen atoms in total. The number of carbonyl (C=O) groups excluding carboxylic acids is 2. The highest BCUT2D eigenvalue weighted by atomic mass is 35.5. The van der Waals surface area contributed by atoms with E-state index >= 15 is 0 Å². The fraction of sp³-hybridized carbons (Fsp3) is 0.467. The minimum Gasteiger partial charge on any atom is -0.495 e. The number of primary amides is 1. The summed E-state index contributed by atoms with van der Waals surface area (Å²) in [5.41, 5.74) is 6.14. The van der Waals surface area contributed by atoms with E-state index in [4.69, 9.17) is 22.1 Å². The normalized spacial score (nSPS) is 15.8. The summed E-state index contributed by atoms with van der Waals surface area (Å²) in [5, 5.41) is 0.496. The van der Waals surface area contributed by atoms with E-state index in [0.29, 0.717) is 43.1 Å². The Kier molecular flexibility index (Phi) is 5.07. The molecule has 1 heterocycles. The molecule has 0 aromatic heterocycles. The highest BCUT2D eigenvalue weighted by Crippen LogP contribution is 2.25. The Labute approximate surface area is 129 Å². The number of amides is 2. The number of methoxy groups -OCH3 is 1. The lowest BCUT2D eigenvalue weighted by molar-refractivity contribution is -0.134. The molecule has 0 spiro atoms. The monoisotopic (exact) mass is 310 g/mol. The maximum atomic E-state index is 12.2. The number of nitrogens with zero attached hydrogens (tertiary/aromatic N) is 1. The molecule has 114 valence electrons. The van der Waals surface area contributed by atoms with Crippen molar-refractivity contribution in [3.8, 4) is 5.75 Å². The van der Waals surface area contributed by atoms with Crippen molar-refractivity contribution in [2.75, 3.05) is 20.2 Å². The van der Waals surface area contributed by atoms with E-state index in [9.17, 15) is 9.59 Å². The summed E-state index contributed by atoms with van der Waals surface area (Å²) in [6, 6.07) is 5.33. The molecule has 0 atom stereocenters. The average Bonchev–Trinajstić information content (AvgIpc) is 2.47. The number of ether oxygens (including phenoxy) is 1. The van der Waals surface area contributed by atoms with Gasteiger partial charge >= 0.3 is 0 Å². The van der Waals surface area contributed by atoms with Gasteiger partial charge in [-0.1, -0.05) is 17.7 Å². The molecule has 0 bridgehead atoms. The fourth-order valence-electron chi connectivity index (χ4n) is 2.52. The molecule has 0 aliphatic carbocycles. The standard InChI is InChI=1S/C15H19ClN2O3/c1-21-13-3-2-10(8-12(13)16)9-14(19)18-6-4-11(5-7-18)15(17)20/h2-3,8,11H,4-7,9H2,1H3,(H2,17,20). The molecule has 0 radical (unpaired) electrons. The average molecular weight is 311 g/mol. The first-order valence-electron chi connectivity index (χ1n) is 6.90. The van der Waals surface area contributed by atoms with E-state index in [1.165, 1.54) is 0 Å². The maximum Gasteiger partial charge on any atom is 0.226 e. The number of rotatable bonds is 4. The first-order chi connectivity index (χ1) is 10.0. The molecule has 1 aliphatic rings. The van der Waals surface area contributed by atoms with Crippen molar-refractivity contribution in [3.05, 3.63) is 28.8 Å². The highest BCUT2D eigenvalue weighted by Gasteiger charge is 2.25. The molecule has 6 heteroatoms. The van der Waals surface area contributed by atoms with Gasteiger partial charge in [0.15, 0.2) is 0 Å². The van der Waals surface area contributed by atoms with Gasteiger partial charge in [0.2, 0.25) is 11.8 Å².